The second-order valence-corrected chi connectivity index (χ2v) is 2.84. The molecule has 0 aromatic carbocycles. The van der Waals surface area contributed by atoms with Gasteiger partial charge in [-0.3, -0.25) is 0 Å². The van der Waals surface area contributed by atoms with Crippen LogP contribution < -0.4 is 0 Å². The fourth-order valence-corrected chi connectivity index (χ4v) is 1.22. The number of hydrogen-bond acceptors (Lipinski definition) is 4. The minimum atomic E-state index is -1.01. The van der Waals surface area contributed by atoms with Crippen molar-refractivity contribution in [3.63, 3.8) is 0 Å². The van der Waals surface area contributed by atoms with E-state index >= 15 is 0 Å². The highest BCUT2D eigenvalue weighted by Gasteiger charge is 2.26. The molecule has 4 N–H and O–H groups in total. The van der Waals surface area contributed by atoms with E-state index in [1.54, 1.807) is 0 Å². The third-order valence-corrected chi connectivity index (χ3v) is 1.91. The summed E-state index contributed by atoms with van der Waals surface area (Å²) in [6, 6.07) is 0. The van der Waals surface area contributed by atoms with E-state index in [4.69, 9.17) is 20.4 Å². The van der Waals surface area contributed by atoms with E-state index in [2.05, 4.69) is 0 Å². The first-order chi connectivity index (χ1) is 5.15. The van der Waals surface area contributed by atoms with Gasteiger partial charge in [0.2, 0.25) is 0 Å². The third kappa shape index (κ3) is 1.64. The first kappa shape index (κ1) is 8.36. The minimum absolute atomic E-state index is 0.0750. The van der Waals surface area contributed by atoms with Crippen LogP contribution in [0.1, 0.15) is 12.8 Å². The minimum Gasteiger partial charge on any atom is -0.509 e. The highest BCUT2D eigenvalue weighted by molar-refractivity contribution is 5.09. The predicted molar refractivity (Wildman–Crippen MR) is 38.1 cm³/mol. The number of allylic oxidation sites excluding steroid dienone is 1. The molecule has 2 atom stereocenters. The van der Waals surface area contributed by atoms with E-state index < -0.39 is 6.10 Å². The molecule has 2 unspecified atom stereocenters. The van der Waals surface area contributed by atoms with Crippen molar-refractivity contribution >= 4 is 0 Å². The quantitative estimate of drug-likeness (QED) is 0.438. The Morgan fingerprint density at radius 1 is 1.36 bits per heavy atom. The second kappa shape index (κ2) is 3.11. The SMILES string of the molecule is OCC1CC(O)=C(O)C(O)C1. The standard InChI is InChI=1S/C7H12O4/c8-3-4-1-5(9)7(11)6(10)2-4/h4-5,8-11H,1-3H2. The molecule has 0 spiro atoms. The molecule has 4 heteroatoms. The zero-order chi connectivity index (χ0) is 8.43. The van der Waals surface area contributed by atoms with Crippen LogP contribution in [0.3, 0.4) is 0 Å². The molecule has 0 heterocycles. The molecular weight excluding hydrogens is 148 g/mol. The summed E-state index contributed by atoms with van der Waals surface area (Å²) in [5.74, 6) is -0.696. The summed E-state index contributed by atoms with van der Waals surface area (Å²) in [5, 5.41) is 35.7. The van der Waals surface area contributed by atoms with Crippen molar-refractivity contribution in [1.29, 1.82) is 0 Å². The van der Waals surface area contributed by atoms with Gasteiger partial charge < -0.3 is 20.4 Å². The molecule has 0 bridgehead atoms. The van der Waals surface area contributed by atoms with Gasteiger partial charge in [-0.1, -0.05) is 0 Å². The maximum absolute atomic E-state index is 9.07. The van der Waals surface area contributed by atoms with Gasteiger partial charge in [0, 0.05) is 13.0 Å². The number of aliphatic hydroxyl groups excluding tert-OH is 4. The molecule has 1 aliphatic rings. The number of rotatable bonds is 1. The van der Waals surface area contributed by atoms with Crippen molar-refractivity contribution in [2.45, 2.75) is 18.9 Å². The van der Waals surface area contributed by atoms with E-state index in [1.165, 1.54) is 0 Å². The average molecular weight is 160 g/mol. The van der Waals surface area contributed by atoms with Crippen molar-refractivity contribution in [2.24, 2.45) is 5.92 Å². The van der Waals surface area contributed by atoms with Crippen molar-refractivity contribution in [1.82, 2.24) is 0 Å². The van der Waals surface area contributed by atoms with Crippen molar-refractivity contribution in [3.8, 4) is 0 Å². The van der Waals surface area contributed by atoms with Crippen molar-refractivity contribution < 1.29 is 20.4 Å². The van der Waals surface area contributed by atoms with E-state index in [9.17, 15) is 0 Å². The molecule has 0 saturated heterocycles. The molecule has 0 amide bonds. The number of hydrogen-bond donors (Lipinski definition) is 4. The topological polar surface area (TPSA) is 80.9 Å². The summed E-state index contributed by atoms with van der Waals surface area (Å²) in [5.41, 5.74) is 0. The second-order valence-electron chi connectivity index (χ2n) is 2.84. The molecule has 11 heavy (non-hydrogen) atoms. The van der Waals surface area contributed by atoms with Gasteiger partial charge in [-0.15, -0.1) is 0 Å². The number of aliphatic hydroxyl groups is 4. The van der Waals surface area contributed by atoms with Gasteiger partial charge in [-0.05, 0) is 12.3 Å². The van der Waals surface area contributed by atoms with E-state index in [0.29, 0.717) is 6.42 Å². The lowest BCUT2D eigenvalue weighted by Gasteiger charge is -2.23. The van der Waals surface area contributed by atoms with E-state index in [0.717, 1.165) is 0 Å². The molecule has 1 rings (SSSR count). The molecule has 4 nitrogen and oxygen atoms in total. The molecular formula is C7H12O4. The van der Waals surface area contributed by atoms with Gasteiger partial charge in [0.05, 0.1) is 0 Å². The Labute approximate surface area is 64.4 Å². The van der Waals surface area contributed by atoms with Gasteiger partial charge in [0.15, 0.2) is 5.76 Å². The van der Waals surface area contributed by atoms with Crippen LogP contribution in [0.5, 0.6) is 0 Å². The molecule has 1 aliphatic carbocycles. The van der Waals surface area contributed by atoms with Gasteiger partial charge in [0.25, 0.3) is 0 Å². The summed E-state index contributed by atoms with van der Waals surface area (Å²) in [6.45, 7) is -0.0750. The Balaban J connectivity index is 2.68. The average Bonchev–Trinajstić information content (AvgIpc) is 1.99. The van der Waals surface area contributed by atoms with Crippen LogP contribution in [0, 0.1) is 5.92 Å². The molecule has 0 saturated carbocycles. The molecule has 0 fully saturated rings. The van der Waals surface area contributed by atoms with E-state index in [1.807, 2.05) is 0 Å². The Kier molecular flexibility index (Phi) is 2.36. The van der Waals surface area contributed by atoms with Crippen LogP contribution in [0.4, 0.5) is 0 Å². The Bertz CT molecular complexity index is 175. The summed E-state index contributed by atoms with van der Waals surface area (Å²) >= 11 is 0. The van der Waals surface area contributed by atoms with Gasteiger partial charge in [0.1, 0.15) is 11.9 Å². The summed E-state index contributed by atoms with van der Waals surface area (Å²) in [7, 11) is 0. The Hall–Kier alpha value is -0.740. The Morgan fingerprint density at radius 2 is 2.00 bits per heavy atom. The first-order valence-corrected chi connectivity index (χ1v) is 3.55. The van der Waals surface area contributed by atoms with Crippen LogP contribution in [0.2, 0.25) is 0 Å². The maximum atomic E-state index is 9.07. The smallest absolute Gasteiger partial charge is 0.158 e. The lowest BCUT2D eigenvalue weighted by Crippen LogP contribution is -2.25. The molecule has 0 radical (unpaired) electrons. The fraction of sp³-hybridized carbons (Fsp3) is 0.714. The lowest BCUT2D eigenvalue weighted by molar-refractivity contribution is 0.0716. The first-order valence-electron chi connectivity index (χ1n) is 3.55. The molecule has 0 aromatic heterocycles. The zero-order valence-electron chi connectivity index (χ0n) is 6.06. The van der Waals surface area contributed by atoms with Crippen molar-refractivity contribution in [3.05, 3.63) is 11.5 Å². The fourth-order valence-electron chi connectivity index (χ4n) is 1.22. The maximum Gasteiger partial charge on any atom is 0.158 e. The summed E-state index contributed by atoms with van der Waals surface area (Å²) in [6.07, 6.45) is -0.452. The van der Waals surface area contributed by atoms with Gasteiger partial charge >= 0.3 is 0 Å². The summed E-state index contributed by atoms with van der Waals surface area (Å²) in [4.78, 5) is 0. The van der Waals surface area contributed by atoms with Crippen LogP contribution in [0.25, 0.3) is 0 Å². The monoisotopic (exact) mass is 160 g/mol. The lowest BCUT2D eigenvalue weighted by atomic mass is 9.91. The molecule has 0 aliphatic heterocycles. The van der Waals surface area contributed by atoms with Crippen LogP contribution in [0.15, 0.2) is 11.5 Å². The van der Waals surface area contributed by atoms with Gasteiger partial charge in [-0.2, -0.15) is 0 Å². The normalized spacial score (nSPS) is 32.5. The largest absolute Gasteiger partial charge is 0.509 e. The summed E-state index contributed by atoms with van der Waals surface area (Å²) < 4.78 is 0. The van der Waals surface area contributed by atoms with Crippen LogP contribution >= 0.6 is 0 Å². The van der Waals surface area contributed by atoms with E-state index in [-0.39, 0.29) is 30.5 Å². The predicted octanol–water partition coefficient (Wildman–Crippen LogP) is 0.0772. The molecule has 64 valence electrons. The van der Waals surface area contributed by atoms with Crippen molar-refractivity contribution in [2.75, 3.05) is 6.61 Å². The van der Waals surface area contributed by atoms with Crippen LogP contribution in [-0.4, -0.2) is 33.1 Å². The Morgan fingerprint density at radius 3 is 2.45 bits per heavy atom. The highest BCUT2D eigenvalue weighted by Crippen LogP contribution is 2.26. The zero-order valence-corrected chi connectivity index (χ0v) is 6.06. The third-order valence-electron chi connectivity index (χ3n) is 1.91. The highest BCUT2D eigenvalue weighted by atomic mass is 16.3. The molecule has 0 aromatic rings. The van der Waals surface area contributed by atoms with Crippen LogP contribution in [-0.2, 0) is 0 Å². The van der Waals surface area contributed by atoms with Gasteiger partial charge in [-0.25, -0.2) is 0 Å².